The number of hydrogen-bond donors (Lipinski definition) is 1. The molecule has 1 saturated heterocycles. The normalized spacial score (nSPS) is 21.7. The van der Waals surface area contributed by atoms with Gasteiger partial charge in [0.05, 0.1) is 6.04 Å². The van der Waals surface area contributed by atoms with Crippen LogP contribution in [-0.2, 0) is 19.1 Å². The molecule has 1 fully saturated rings. The van der Waals surface area contributed by atoms with Gasteiger partial charge in [-0.2, -0.15) is 0 Å². The summed E-state index contributed by atoms with van der Waals surface area (Å²) in [6, 6.07) is -1.97. The molecule has 1 rings (SSSR count). The maximum Gasteiger partial charge on any atom is 0.408 e. The summed E-state index contributed by atoms with van der Waals surface area (Å²) in [5.41, 5.74) is -1.37. The van der Waals surface area contributed by atoms with E-state index in [4.69, 9.17) is 9.47 Å². The molecule has 0 radical (unpaired) electrons. The predicted molar refractivity (Wildman–Crippen MR) is 112 cm³/mol. The Morgan fingerprint density at radius 3 is 2.03 bits per heavy atom. The quantitative estimate of drug-likeness (QED) is 0.536. The maximum atomic E-state index is 13.4. The summed E-state index contributed by atoms with van der Waals surface area (Å²) >= 11 is 0. The Kier molecular flexibility index (Phi) is 8.07. The molecule has 0 aliphatic carbocycles. The first-order valence-electron chi connectivity index (χ1n) is 10.00. The van der Waals surface area contributed by atoms with Crippen LogP contribution in [0.3, 0.4) is 0 Å². The maximum absolute atomic E-state index is 13.4. The van der Waals surface area contributed by atoms with Gasteiger partial charge < -0.3 is 19.7 Å². The van der Waals surface area contributed by atoms with E-state index in [9.17, 15) is 14.4 Å². The lowest BCUT2D eigenvalue weighted by Crippen LogP contribution is -2.56. The van der Waals surface area contributed by atoms with Gasteiger partial charge in [-0.25, -0.2) is 9.59 Å². The van der Waals surface area contributed by atoms with Crippen molar-refractivity contribution >= 4 is 18.0 Å². The summed E-state index contributed by atoms with van der Waals surface area (Å²) in [5, 5.41) is 2.64. The lowest BCUT2D eigenvalue weighted by molar-refractivity contribution is -0.164. The van der Waals surface area contributed by atoms with Crippen LogP contribution in [0.25, 0.3) is 0 Å². The van der Waals surface area contributed by atoms with Crippen LogP contribution >= 0.6 is 0 Å². The minimum Gasteiger partial charge on any atom is -0.458 e. The molecule has 1 N–H and O–H groups in total. The highest BCUT2D eigenvalue weighted by molar-refractivity contribution is 5.91. The molecular weight excluding hydrogens is 372 g/mol. The largest absolute Gasteiger partial charge is 0.458 e. The third-order valence-electron chi connectivity index (χ3n) is 4.47. The zero-order valence-corrected chi connectivity index (χ0v) is 18.8. The average molecular weight is 409 g/mol. The number of ether oxygens (including phenoxy) is 2. The molecule has 0 unspecified atom stereocenters. The van der Waals surface area contributed by atoms with Gasteiger partial charge in [0.15, 0.2) is 0 Å². The Balaban J connectivity index is 3.14. The lowest BCUT2D eigenvalue weighted by Gasteiger charge is -2.34. The summed E-state index contributed by atoms with van der Waals surface area (Å²) in [6.07, 6.45) is 3.60. The van der Waals surface area contributed by atoms with Gasteiger partial charge in [0.2, 0.25) is 5.91 Å². The van der Waals surface area contributed by atoms with Crippen molar-refractivity contribution < 1.29 is 23.9 Å². The van der Waals surface area contributed by atoms with Crippen molar-refractivity contribution in [1.82, 2.24) is 10.2 Å². The molecule has 7 heteroatoms. The smallest absolute Gasteiger partial charge is 0.408 e. The molecule has 0 aromatic rings. The number of amides is 2. The third-order valence-corrected chi connectivity index (χ3v) is 4.47. The zero-order chi connectivity index (χ0) is 22.6. The molecule has 7 nitrogen and oxygen atoms in total. The summed E-state index contributed by atoms with van der Waals surface area (Å²) in [7, 11) is 0. The van der Waals surface area contributed by atoms with Crippen molar-refractivity contribution in [3.05, 3.63) is 25.3 Å². The molecule has 164 valence electrons. The lowest BCUT2D eigenvalue weighted by atomic mass is 10.00. The molecule has 4 atom stereocenters. The van der Waals surface area contributed by atoms with E-state index in [2.05, 4.69) is 18.5 Å². The van der Waals surface area contributed by atoms with E-state index in [1.54, 1.807) is 60.6 Å². The van der Waals surface area contributed by atoms with Crippen molar-refractivity contribution in [2.75, 3.05) is 0 Å². The molecule has 29 heavy (non-hydrogen) atoms. The van der Waals surface area contributed by atoms with Gasteiger partial charge in [0.25, 0.3) is 0 Å². The Morgan fingerprint density at radius 2 is 1.59 bits per heavy atom. The van der Waals surface area contributed by atoms with E-state index >= 15 is 0 Å². The van der Waals surface area contributed by atoms with Crippen LogP contribution in [0.2, 0.25) is 0 Å². The minimum atomic E-state index is -0.923. The van der Waals surface area contributed by atoms with Gasteiger partial charge in [-0.3, -0.25) is 4.79 Å². The van der Waals surface area contributed by atoms with E-state index < -0.39 is 35.3 Å². The second kappa shape index (κ2) is 9.46. The Labute approximate surface area is 174 Å². The van der Waals surface area contributed by atoms with E-state index in [-0.39, 0.29) is 17.9 Å². The number of carbonyl (C=O) groups is 3. The topological polar surface area (TPSA) is 84.9 Å². The fourth-order valence-corrected chi connectivity index (χ4v) is 3.14. The molecular formula is C22H36N2O5. The Hall–Kier alpha value is -2.31. The number of esters is 1. The predicted octanol–water partition coefficient (Wildman–Crippen LogP) is 3.59. The van der Waals surface area contributed by atoms with Gasteiger partial charge in [-0.15, -0.1) is 13.2 Å². The van der Waals surface area contributed by atoms with Crippen LogP contribution in [0.5, 0.6) is 0 Å². The first-order valence-corrected chi connectivity index (χ1v) is 10.00. The molecule has 0 aromatic carbocycles. The molecule has 2 amide bonds. The average Bonchev–Trinajstić information content (AvgIpc) is 2.99. The number of likely N-dealkylation sites (tertiary alicyclic amines) is 1. The summed E-state index contributed by atoms with van der Waals surface area (Å²) < 4.78 is 10.8. The number of nitrogens with one attached hydrogen (secondary N) is 1. The zero-order valence-electron chi connectivity index (χ0n) is 18.8. The summed E-state index contributed by atoms with van der Waals surface area (Å²) in [5.74, 6) is -1.22. The highest BCUT2D eigenvalue weighted by atomic mass is 16.6. The fraction of sp³-hybridized carbons (Fsp3) is 0.682. The first kappa shape index (κ1) is 24.7. The highest BCUT2D eigenvalue weighted by Crippen LogP contribution is 2.29. The van der Waals surface area contributed by atoms with Gasteiger partial charge in [0, 0.05) is 5.92 Å². The number of alkyl carbamates (subject to hydrolysis) is 1. The highest BCUT2D eigenvalue weighted by Gasteiger charge is 2.45. The molecule has 1 aliphatic heterocycles. The number of rotatable bonds is 6. The molecule has 1 heterocycles. The Morgan fingerprint density at radius 1 is 1.03 bits per heavy atom. The van der Waals surface area contributed by atoms with Crippen molar-refractivity contribution in [3.8, 4) is 0 Å². The van der Waals surface area contributed by atoms with Gasteiger partial charge in [-0.1, -0.05) is 19.1 Å². The van der Waals surface area contributed by atoms with Crippen LogP contribution in [0.1, 0.15) is 61.3 Å². The van der Waals surface area contributed by atoms with Crippen molar-refractivity contribution in [3.63, 3.8) is 0 Å². The van der Waals surface area contributed by atoms with Crippen LogP contribution in [0, 0.1) is 5.92 Å². The van der Waals surface area contributed by atoms with Crippen molar-refractivity contribution in [2.45, 2.75) is 90.6 Å². The fourth-order valence-electron chi connectivity index (χ4n) is 3.14. The standard InChI is InChI=1S/C22H36N2O5/c1-10-14(3)17(23-20(27)29-22(7,8)9)18(25)24-15(11-2)12-13-16(24)19(26)28-21(4,5)6/h10-11,14-17H,1-2,12-13H2,3-9H3,(H,23,27)/t14-,15-,16-,17-/m0/s1. The molecule has 0 aromatic heterocycles. The minimum absolute atomic E-state index is 0.319. The third kappa shape index (κ3) is 7.22. The van der Waals surface area contributed by atoms with E-state index in [1.165, 1.54) is 4.90 Å². The van der Waals surface area contributed by atoms with E-state index in [0.717, 1.165) is 0 Å². The van der Waals surface area contributed by atoms with E-state index in [0.29, 0.717) is 12.8 Å². The Bertz CT molecular complexity index is 645. The SMILES string of the molecule is C=C[C@H](C)[C@H](NC(=O)OC(C)(C)C)C(=O)N1[C@@H](C=C)CC[C@H]1C(=O)OC(C)(C)C. The monoisotopic (exact) mass is 408 g/mol. The second-order valence-electron chi connectivity index (χ2n) is 9.39. The molecule has 0 saturated carbocycles. The van der Waals surface area contributed by atoms with Crippen LogP contribution < -0.4 is 5.32 Å². The number of carbonyl (C=O) groups excluding carboxylic acids is 3. The van der Waals surface area contributed by atoms with Crippen molar-refractivity contribution in [2.24, 2.45) is 5.92 Å². The van der Waals surface area contributed by atoms with Crippen LogP contribution in [-0.4, -0.2) is 52.2 Å². The second-order valence-corrected chi connectivity index (χ2v) is 9.39. The molecule has 1 aliphatic rings. The molecule has 0 spiro atoms. The van der Waals surface area contributed by atoms with Gasteiger partial charge >= 0.3 is 12.1 Å². The number of hydrogen-bond acceptors (Lipinski definition) is 5. The molecule has 0 bridgehead atoms. The first-order chi connectivity index (χ1) is 13.2. The van der Waals surface area contributed by atoms with Crippen molar-refractivity contribution in [1.29, 1.82) is 0 Å². The van der Waals surface area contributed by atoms with Gasteiger partial charge in [0.1, 0.15) is 23.3 Å². The van der Waals surface area contributed by atoms with Crippen LogP contribution in [0.4, 0.5) is 4.79 Å². The van der Waals surface area contributed by atoms with Crippen LogP contribution in [0.15, 0.2) is 25.3 Å². The van der Waals surface area contributed by atoms with Gasteiger partial charge in [-0.05, 0) is 54.4 Å². The summed E-state index contributed by atoms with van der Waals surface area (Å²) in [6.45, 7) is 19.9. The van der Waals surface area contributed by atoms with E-state index in [1.807, 2.05) is 0 Å². The number of nitrogens with zero attached hydrogens (tertiary/aromatic N) is 1. The summed E-state index contributed by atoms with van der Waals surface area (Å²) in [4.78, 5) is 40.0.